The number of aromatic nitrogens is 3. The second-order valence-electron chi connectivity index (χ2n) is 4.69. The van der Waals surface area contributed by atoms with Gasteiger partial charge in [-0.2, -0.15) is 14.9 Å². The van der Waals surface area contributed by atoms with Crippen molar-refractivity contribution in [3.05, 3.63) is 63.9 Å². The van der Waals surface area contributed by atoms with Crippen molar-refractivity contribution < 1.29 is 4.74 Å². The minimum atomic E-state index is 0.407. The summed E-state index contributed by atoms with van der Waals surface area (Å²) in [6, 6.07) is 14.9. The molecule has 0 spiro atoms. The van der Waals surface area contributed by atoms with Gasteiger partial charge < -0.3 is 4.74 Å². The van der Waals surface area contributed by atoms with Gasteiger partial charge in [-0.1, -0.05) is 23.7 Å². The van der Waals surface area contributed by atoms with Crippen LogP contribution in [0.1, 0.15) is 5.56 Å². The number of halogens is 1. The van der Waals surface area contributed by atoms with Gasteiger partial charge in [-0.15, -0.1) is 0 Å². The van der Waals surface area contributed by atoms with Crippen LogP contribution in [-0.4, -0.2) is 28.2 Å². The monoisotopic (exact) mass is 344 g/mol. The predicted octanol–water partition coefficient (Wildman–Crippen LogP) is 4.15. The van der Waals surface area contributed by atoms with Crippen LogP contribution in [0.15, 0.2) is 53.6 Å². The highest BCUT2D eigenvalue weighted by atomic mass is 35.5. The van der Waals surface area contributed by atoms with E-state index >= 15 is 0 Å². The van der Waals surface area contributed by atoms with Crippen molar-refractivity contribution in [1.29, 1.82) is 0 Å². The molecule has 0 amide bonds. The average molecular weight is 345 g/mol. The van der Waals surface area contributed by atoms with Gasteiger partial charge in [0, 0.05) is 10.6 Å². The standard InChI is InChI=1S/C16H13ClN4OS/c1-22-14-7-5-11(6-8-14)10-18-21-15(19-20-16(21)23)12-3-2-4-13(17)9-12/h2-10H,1H3,(H,20,23)/b18-10+. The third-order valence-electron chi connectivity index (χ3n) is 3.17. The van der Waals surface area contributed by atoms with Gasteiger partial charge >= 0.3 is 0 Å². The van der Waals surface area contributed by atoms with Crippen molar-refractivity contribution in [3.63, 3.8) is 0 Å². The third kappa shape index (κ3) is 3.49. The summed E-state index contributed by atoms with van der Waals surface area (Å²) in [6.07, 6.45) is 1.71. The van der Waals surface area contributed by atoms with Gasteiger partial charge in [0.15, 0.2) is 5.82 Å². The highest BCUT2D eigenvalue weighted by Gasteiger charge is 2.08. The summed E-state index contributed by atoms with van der Waals surface area (Å²) in [5.74, 6) is 1.39. The molecule has 1 aromatic heterocycles. The molecule has 0 aliphatic carbocycles. The van der Waals surface area contributed by atoms with Gasteiger partial charge in [0.25, 0.3) is 0 Å². The van der Waals surface area contributed by atoms with Gasteiger partial charge in [0.2, 0.25) is 4.77 Å². The topological polar surface area (TPSA) is 55.2 Å². The number of benzene rings is 2. The van der Waals surface area contributed by atoms with Crippen molar-refractivity contribution in [1.82, 2.24) is 14.9 Å². The Labute approximate surface area is 143 Å². The highest BCUT2D eigenvalue weighted by Crippen LogP contribution is 2.21. The summed E-state index contributed by atoms with van der Waals surface area (Å²) in [5.41, 5.74) is 1.75. The number of hydrogen-bond acceptors (Lipinski definition) is 4. The first-order valence-corrected chi connectivity index (χ1v) is 7.58. The molecular weight excluding hydrogens is 332 g/mol. The first-order valence-electron chi connectivity index (χ1n) is 6.79. The fourth-order valence-electron chi connectivity index (χ4n) is 2.03. The summed E-state index contributed by atoms with van der Waals surface area (Å²) >= 11 is 11.3. The molecule has 1 N–H and O–H groups in total. The lowest BCUT2D eigenvalue weighted by atomic mass is 10.2. The Kier molecular flexibility index (Phi) is 4.55. The normalized spacial score (nSPS) is 11.0. The molecule has 116 valence electrons. The Balaban J connectivity index is 1.95. The Bertz CT molecular complexity index is 899. The number of ether oxygens (including phenoxy) is 1. The van der Waals surface area contributed by atoms with Gasteiger partial charge in [0.1, 0.15) is 5.75 Å². The van der Waals surface area contributed by atoms with E-state index in [1.807, 2.05) is 42.5 Å². The van der Waals surface area contributed by atoms with Gasteiger partial charge in [-0.25, -0.2) is 5.10 Å². The number of hydrogen-bond donors (Lipinski definition) is 1. The van der Waals surface area contributed by atoms with E-state index in [1.165, 1.54) is 0 Å². The van der Waals surface area contributed by atoms with Crippen molar-refractivity contribution >= 4 is 30.0 Å². The van der Waals surface area contributed by atoms with Crippen LogP contribution in [0.4, 0.5) is 0 Å². The van der Waals surface area contributed by atoms with Crippen LogP contribution >= 0.6 is 23.8 Å². The van der Waals surface area contributed by atoms with Gasteiger partial charge in [-0.3, -0.25) is 0 Å². The first-order chi connectivity index (χ1) is 11.2. The molecular formula is C16H13ClN4OS. The van der Waals surface area contributed by atoms with Crippen LogP contribution in [0.3, 0.4) is 0 Å². The Morgan fingerprint density at radius 2 is 2.04 bits per heavy atom. The fourth-order valence-corrected chi connectivity index (χ4v) is 2.40. The van der Waals surface area contributed by atoms with Crippen molar-refractivity contribution in [2.75, 3.05) is 7.11 Å². The van der Waals surface area contributed by atoms with Crippen molar-refractivity contribution in [2.45, 2.75) is 0 Å². The van der Waals surface area contributed by atoms with E-state index in [2.05, 4.69) is 15.3 Å². The summed E-state index contributed by atoms with van der Waals surface area (Å²) in [4.78, 5) is 0. The molecule has 0 unspecified atom stereocenters. The number of aromatic amines is 1. The Morgan fingerprint density at radius 3 is 2.74 bits per heavy atom. The average Bonchev–Trinajstić information content (AvgIpc) is 2.94. The molecule has 0 radical (unpaired) electrons. The second kappa shape index (κ2) is 6.76. The molecule has 0 saturated heterocycles. The van der Waals surface area contributed by atoms with E-state index in [0.717, 1.165) is 16.9 Å². The molecule has 2 aromatic carbocycles. The Hall–Kier alpha value is -2.44. The molecule has 0 aliphatic rings. The quantitative estimate of drug-likeness (QED) is 0.571. The molecule has 1 heterocycles. The Morgan fingerprint density at radius 1 is 1.26 bits per heavy atom. The molecule has 0 fully saturated rings. The summed E-state index contributed by atoms with van der Waals surface area (Å²) in [7, 11) is 1.63. The van der Waals surface area contributed by atoms with Crippen LogP contribution in [0, 0.1) is 4.77 Å². The number of H-pyrrole nitrogens is 1. The van der Waals surface area contributed by atoms with Crippen LogP contribution in [-0.2, 0) is 0 Å². The molecule has 0 saturated carbocycles. The minimum absolute atomic E-state index is 0.407. The lowest BCUT2D eigenvalue weighted by Crippen LogP contribution is -1.95. The van der Waals surface area contributed by atoms with E-state index in [1.54, 1.807) is 24.1 Å². The number of nitrogens with one attached hydrogen (secondary N) is 1. The zero-order chi connectivity index (χ0) is 16.2. The molecule has 3 aromatic rings. The number of nitrogens with zero attached hydrogens (tertiary/aromatic N) is 3. The van der Waals surface area contributed by atoms with E-state index < -0.39 is 0 Å². The third-order valence-corrected chi connectivity index (χ3v) is 3.67. The SMILES string of the molecule is COc1ccc(/C=N/n2c(-c3cccc(Cl)c3)n[nH]c2=S)cc1. The van der Waals surface area contributed by atoms with Crippen LogP contribution in [0.25, 0.3) is 11.4 Å². The molecule has 3 rings (SSSR count). The minimum Gasteiger partial charge on any atom is -0.497 e. The predicted molar refractivity (Wildman–Crippen MR) is 93.8 cm³/mol. The molecule has 5 nitrogen and oxygen atoms in total. The van der Waals surface area contributed by atoms with Crippen LogP contribution in [0.5, 0.6) is 5.75 Å². The lowest BCUT2D eigenvalue weighted by molar-refractivity contribution is 0.415. The van der Waals surface area contributed by atoms with Crippen LogP contribution < -0.4 is 4.74 Å². The fraction of sp³-hybridized carbons (Fsp3) is 0.0625. The zero-order valence-corrected chi connectivity index (χ0v) is 13.8. The molecule has 0 bridgehead atoms. The largest absolute Gasteiger partial charge is 0.497 e. The summed E-state index contributed by atoms with van der Waals surface area (Å²) in [5, 5.41) is 12.0. The van der Waals surface area contributed by atoms with E-state index in [4.69, 9.17) is 28.6 Å². The molecule has 23 heavy (non-hydrogen) atoms. The lowest BCUT2D eigenvalue weighted by Gasteiger charge is -2.02. The maximum atomic E-state index is 6.03. The van der Waals surface area contributed by atoms with Crippen molar-refractivity contribution in [3.8, 4) is 17.1 Å². The smallest absolute Gasteiger partial charge is 0.216 e. The molecule has 0 aliphatic heterocycles. The van der Waals surface area contributed by atoms with E-state index in [-0.39, 0.29) is 0 Å². The van der Waals surface area contributed by atoms with Gasteiger partial charge in [-0.05, 0) is 54.2 Å². The number of methoxy groups -OCH3 is 1. The molecule has 7 heteroatoms. The molecule has 0 atom stereocenters. The number of rotatable bonds is 4. The first kappa shape index (κ1) is 15.5. The second-order valence-corrected chi connectivity index (χ2v) is 5.52. The van der Waals surface area contributed by atoms with E-state index in [0.29, 0.717) is 15.6 Å². The van der Waals surface area contributed by atoms with Gasteiger partial charge in [0.05, 0.1) is 13.3 Å². The zero-order valence-electron chi connectivity index (χ0n) is 12.2. The highest BCUT2D eigenvalue weighted by molar-refractivity contribution is 7.71. The summed E-state index contributed by atoms with van der Waals surface area (Å²) < 4.78 is 7.10. The van der Waals surface area contributed by atoms with Crippen LogP contribution in [0.2, 0.25) is 5.02 Å². The maximum absolute atomic E-state index is 6.03. The van der Waals surface area contributed by atoms with E-state index in [9.17, 15) is 0 Å². The maximum Gasteiger partial charge on any atom is 0.216 e. The van der Waals surface area contributed by atoms with Crippen molar-refractivity contribution in [2.24, 2.45) is 5.10 Å². The summed E-state index contributed by atoms with van der Waals surface area (Å²) in [6.45, 7) is 0.